The summed E-state index contributed by atoms with van der Waals surface area (Å²) < 4.78 is 1.93. The summed E-state index contributed by atoms with van der Waals surface area (Å²) in [6, 6.07) is 5.51. The van der Waals surface area contributed by atoms with Crippen molar-refractivity contribution in [1.82, 2.24) is 24.4 Å². The van der Waals surface area contributed by atoms with Crippen LogP contribution in [0.2, 0.25) is 10.0 Å². The average Bonchev–Trinajstić information content (AvgIpc) is 3.17. The van der Waals surface area contributed by atoms with E-state index in [-0.39, 0.29) is 0 Å². The maximum atomic E-state index is 6.31. The maximum Gasteiger partial charge on any atom is 0.176 e. The van der Waals surface area contributed by atoms with Gasteiger partial charge in [0.1, 0.15) is 5.52 Å². The Balaban J connectivity index is 1.57. The van der Waals surface area contributed by atoms with E-state index in [0.717, 1.165) is 29.8 Å². The molecule has 1 aliphatic rings. The first-order valence-electron chi connectivity index (χ1n) is 9.26. The van der Waals surface area contributed by atoms with Crippen LogP contribution in [-0.4, -0.2) is 50.6 Å². The molecule has 6 nitrogen and oxygen atoms in total. The number of nitrogens with one attached hydrogen (secondary N) is 1. The fourth-order valence-electron chi connectivity index (χ4n) is 3.48. The second kappa shape index (κ2) is 8.42. The van der Waals surface area contributed by atoms with E-state index in [9.17, 15) is 0 Å². The third-order valence-corrected chi connectivity index (χ3v) is 5.66. The van der Waals surface area contributed by atoms with E-state index in [2.05, 4.69) is 19.9 Å². The number of imidazole rings is 1. The smallest absolute Gasteiger partial charge is 0.176 e. The molecular weight excluding hydrogens is 383 g/mol. The largest absolute Gasteiger partial charge is 0.340 e. The first kappa shape index (κ1) is 18.5. The molecule has 4 rings (SSSR count). The number of fused-ring (bicyclic) bond motifs is 1. The highest BCUT2D eigenvalue weighted by Gasteiger charge is 2.11. The zero-order valence-electron chi connectivity index (χ0n) is 15.0. The molecule has 0 amide bonds. The molecule has 3 heterocycles. The fourth-order valence-corrected chi connectivity index (χ4v) is 4.00. The zero-order chi connectivity index (χ0) is 18.6. The zero-order valence-corrected chi connectivity index (χ0v) is 16.5. The highest BCUT2D eigenvalue weighted by Crippen LogP contribution is 2.25. The molecule has 1 N–H and O–H groups in total. The molecule has 1 aromatic carbocycles. The van der Waals surface area contributed by atoms with Gasteiger partial charge in [-0.3, -0.25) is 4.99 Å². The van der Waals surface area contributed by atoms with E-state index in [0.29, 0.717) is 22.1 Å². The number of aromatic amines is 1. The molecule has 27 heavy (non-hydrogen) atoms. The van der Waals surface area contributed by atoms with Gasteiger partial charge >= 0.3 is 0 Å². The van der Waals surface area contributed by atoms with Crippen molar-refractivity contribution in [3.8, 4) is 0 Å². The molecule has 3 aromatic rings. The van der Waals surface area contributed by atoms with Gasteiger partial charge in [-0.15, -0.1) is 0 Å². The number of piperidine rings is 1. The monoisotopic (exact) mass is 404 g/mol. The minimum atomic E-state index is 0.501. The Labute approximate surface area is 167 Å². The van der Waals surface area contributed by atoms with Crippen LogP contribution < -0.4 is 5.49 Å². The second-order valence-corrected chi connectivity index (χ2v) is 7.60. The highest BCUT2D eigenvalue weighted by molar-refractivity contribution is 6.35. The van der Waals surface area contributed by atoms with Crippen LogP contribution in [0.1, 0.15) is 24.8 Å². The van der Waals surface area contributed by atoms with Gasteiger partial charge in [-0.1, -0.05) is 35.7 Å². The molecule has 0 unspecified atom stereocenters. The summed E-state index contributed by atoms with van der Waals surface area (Å²) in [5.41, 5.74) is 3.17. The van der Waals surface area contributed by atoms with Gasteiger partial charge in [0.05, 0.1) is 25.7 Å². The van der Waals surface area contributed by atoms with Crippen LogP contribution in [0, 0.1) is 0 Å². The number of nitrogens with zero attached hydrogens (tertiary/aromatic N) is 5. The van der Waals surface area contributed by atoms with E-state index >= 15 is 0 Å². The van der Waals surface area contributed by atoms with Gasteiger partial charge in [-0.2, -0.15) is 0 Å². The summed E-state index contributed by atoms with van der Waals surface area (Å²) in [4.78, 5) is 19.3. The number of benzene rings is 1. The number of halogens is 2. The van der Waals surface area contributed by atoms with Crippen LogP contribution in [0.15, 0.2) is 35.8 Å². The predicted molar refractivity (Wildman–Crippen MR) is 108 cm³/mol. The molecule has 1 aliphatic heterocycles. The molecule has 0 aliphatic carbocycles. The molecular formula is C19H22Cl2N6. The lowest BCUT2D eigenvalue weighted by Gasteiger charge is -2.25. The summed E-state index contributed by atoms with van der Waals surface area (Å²) in [5.74, 6) is 0. The molecule has 0 atom stereocenters. The Hall–Kier alpha value is -1.89. The third kappa shape index (κ3) is 4.18. The topological polar surface area (TPSA) is 62.1 Å². The number of rotatable bonds is 5. The van der Waals surface area contributed by atoms with Crippen molar-refractivity contribution in [3.05, 3.63) is 52.0 Å². The van der Waals surface area contributed by atoms with Crippen LogP contribution in [0.4, 0.5) is 0 Å². The lowest BCUT2D eigenvalue weighted by Crippen LogP contribution is -2.32. The Morgan fingerprint density at radius 2 is 1.85 bits per heavy atom. The predicted octanol–water partition coefficient (Wildman–Crippen LogP) is 3.50. The number of hydrogen-bond donors (Lipinski definition) is 1. The summed E-state index contributed by atoms with van der Waals surface area (Å²) in [5, 5.41) is 1.27. The average molecular weight is 405 g/mol. The molecule has 142 valence electrons. The minimum Gasteiger partial charge on any atom is -0.340 e. The van der Waals surface area contributed by atoms with Gasteiger partial charge in [0.15, 0.2) is 11.1 Å². The van der Waals surface area contributed by atoms with Crippen LogP contribution in [-0.2, 0) is 6.54 Å². The van der Waals surface area contributed by atoms with Crippen molar-refractivity contribution < 1.29 is 0 Å². The second-order valence-electron chi connectivity index (χ2n) is 6.78. The van der Waals surface area contributed by atoms with Crippen molar-refractivity contribution in [2.75, 3.05) is 26.2 Å². The first-order valence-corrected chi connectivity index (χ1v) is 10.0. The quantitative estimate of drug-likeness (QED) is 0.707. The van der Waals surface area contributed by atoms with Crippen LogP contribution in [0.3, 0.4) is 0 Å². The highest BCUT2D eigenvalue weighted by atomic mass is 35.5. The van der Waals surface area contributed by atoms with Crippen molar-refractivity contribution in [2.45, 2.75) is 25.8 Å². The molecule has 0 spiro atoms. The Morgan fingerprint density at radius 3 is 2.63 bits per heavy atom. The molecule has 1 saturated heterocycles. The summed E-state index contributed by atoms with van der Waals surface area (Å²) >= 11 is 12.6. The van der Waals surface area contributed by atoms with Crippen molar-refractivity contribution >= 4 is 34.4 Å². The maximum absolute atomic E-state index is 6.31. The summed E-state index contributed by atoms with van der Waals surface area (Å²) in [6.45, 7) is 4.56. The van der Waals surface area contributed by atoms with E-state index in [4.69, 9.17) is 28.2 Å². The standard InChI is InChI=1S/C19H22Cl2N6/c20-15-5-4-6-16(21)14(15)11-27-13-25-18(17-19(27)24-12-23-17)22-7-10-26-8-2-1-3-9-26/h4-6,12-13H,1-3,7-11H2,(H,23,24). The fraction of sp³-hybridized carbons (Fsp3) is 0.421. The van der Waals surface area contributed by atoms with Crippen LogP contribution in [0.25, 0.3) is 11.2 Å². The lowest BCUT2D eigenvalue weighted by molar-refractivity contribution is 0.234. The van der Waals surface area contributed by atoms with Gasteiger partial charge in [-0.25, -0.2) is 9.97 Å². The molecule has 0 radical (unpaired) electrons. The SMILES string of the molecule is Clc1cccc(Cl)c1Cn1cnc(=NCCN2CCCCC2)c2[nH]cnc21. The van der Waals surface area contributed by atoms with Gasteiger partial charge in [0.25, 0.3) is 0 Å². The number of hydrogen-bond acceptors (Lipinski definition) is 4. The number of H-pyrrole nitrogens is 1. The number of aromatic nitrogens is 4. The summed E-state index contributed by atoms with van der Waals surface area (Å²) in [6.07, 6.45) is 7.35. The van der Waals surface area contributed by atoms with Gasteiger partial charge in [0, 0.05) is 22.2 Å². The molecule has 8 heteroatoms. The first-order chi connectivity index (χ1) is 13.2. The lowest BCUT2D eigenvalue weighted by atomic mass is 10.1. The minimum absolute atomic E-state index is 0.501. The van der Waals surface area contributed by atoms with E-state index in [1.807, 2.05) is 22.8 Å². The number of likely N-dealkylation sites (tertiary alicyclic amines) is 1. The van der Waals surface area contributed by atoms with Gasteiger partial charge < -0.3 is 14.5 Å². The molecule has 2 aromatic heterocycles. The third-order valence-electron chi connectivity index (χ3n) is 4.95. The van der Waals surface area contributed by atoms with Gasteiger partial charge in [-0.05, 0) is 38.1 Å². The molecule has 0 bridgehead atoms. The van der Waals surface area contributed by atoms with E-state index in [1.54, 1.807) is 12.7 Å². The Kier molecular flexibility index (Phi) is 5.76. The van der Waals surface area contributed by atoms with Crippen molar-refractivity contribution in [2.24, 2.45) is 4.99 Å². The Morgan fingerprint density at radius 1 is 1.07 bits per heavy atom. The van der Waals surface area contributed by atoms with Crippen LogP contribution >= 0.6 is 23.2 Å². The van der Waals surface area contributed by atoms with E-state index < -0.39 is 0 Å². The molecule has 0 saturated carbocycles. The van der Waals surface area contributed by atoms with E-state index in [1.165, 1.54) is 32.4 Å². The molecule has 1 fully saturated rings. The Bertz CT molecular complexity index is 967. The van der Waals surface area contributed by atoms with Crippen molar-refractivity contribution in [1.29, 1.82) is 0 Å². The summed E-state index contributed by atoms with van der Waals surface area (Å²) in [7, 11) is 0. The van der Waals surface area contributed by atoms with Crippen molar-refractivity contribution in [3.63, 3.8) is 0 Å². The normalized spacial score (nSPS) is 16.3. The van der Waals surface area contributed by atoms with Crippen LogP contribution in [0.5, 0.6) is 0 Å². The van der Waals surface area contributed by atoms with Gasteiger partial charge in [0.2, 0.25) is 0 Å².